The minimum atomic E-state index is -4.20. The molecule has 8 heteroatoms. The second-order valence-corrected chi connectivity index (χ2v) is 4.36. The first-order valence-electron chi connectivity index (χ1n) is 5.52. The van der Waals surface area contributed by atoms with E-state index in [2.05, 4.69) is 20.8 Å². The molecule has 0 radical (unpaired) electrons. The van der Waals surface area contributed by atoms with Gasteiger partial charge in [-0.2, -0.15) is 13.2 Å². The maximum atomic E-state index is 12.3. The van der Waals surface area contributed by atoms with Crippen LogP contribution in [0.1, 0.15) is 38.1 Å². The van der Waals surface area contributed by atoms with Gasteiger partial charge in [-0.3, -0.25) is 0 Å². The molecule has 1 aromatic heterocycles. The van der Waals surface area contributed by atoms with E-state index in [1.54, 1.807) is 0 Å². The van der Waals surface area contributed by atoms with E-state index in [1.807, 2.05) is 0 Å². The molecule has 0 spiro atoms. The molecule has 0 saturated heterocycles. The Morgan fingerprint density at radius 3 is 2.76 bits per heavy atom. The third-order valence-electron chi connectivity index (χ3n) is 2.63. The first kappa shape index (κ1) is 12.3. The number of aromatic nitrogens is 4. The monoisotopic (exact) mass is 249 g/mol. The predicted octanol–water partition coefficient (Wildman–Crippen LogP) is 1.44. The lowest BCUT2D eigenvalue weighted by molar-refractivity contribution is -0.142. The van der Waals surface area contributed by atoms with Gasteiger partial charge in [0.05, 0.1) is 19.0 Å². The summed E-state index contributed by atoms with van der Waals surface area (Å²) in [6.07, 6.45) is -2.90. The fourth-order valence-corrected chi connectivity index (χ4v) is 1.62. The summed E-state index contributed by atoms with van der Waals surface area (Å²) in [5, 5.41) is 14.0. The van der Waals surface area contributed by atoms with Gasteiger partial charge in [-0.25, -0.2) is 4.68 Å². The minimum Gasteiger partial charge on any atom is -0.307 e. The first-order valence-corrected chi connectivity index (χ1v) is 5.52. The lowest BCUT2D eigenvalue weighted by Crippen LogP contribution is -2.23. The van der Waals surface area contributed by atoms with Crippen LogP contribution in [0.2, 0.25) is 0 Å². The Morgan fingerprint density at radius 1 is 1.47 bits per heavy atom. The van der Waals surface area contributed by atoms with E-state index < -0.39 is 18.6 Å². The van der Waals surface area contributed by atoms with Crippen molar-refractivity contribution >= 4 is 0 Å². The maximum Gasteiger partial charge on any atom is 0.391 e. The smallest absolute Gasteiger partial charge is 0.307 e. The third kappa shape index (κ3) is 3.65. The molecular weight excluding hydrogens is 235 g/mol. The molecule has 5 nitrogen and oxygen atoms in total. The summed E-state index contributed by atoms with van der Waals surface area (Å²) in [6, 6.07) is -0.306. The van der Waals surface area contributed by atoms with Crippen molar-refractivity contribution < 1.29 is 13.2 Å². The highest BCUT2D eigenvalue weighted by Crippen LogP contribution is 2.27. The van der Waals surface area contributed by atoms with Gasteiger partial charge in [0.2, 0.25) is 0 Å². The maximum absolute atomic E-state index is 12.3. The molecule has 1 saturated carbocycles. The van der Waals surface area contributed by atoms with Crippen molar-refractivity contribution in [2.24, 2.45) is 0 Å². The third-order valence-corrected chi connectivity index (χ3v) is 2.63. The number of nitrogens with zero attached hydrogens (tertiary/aromatic N) is 4. The molecule has 1 N–H and O–H groups in total. The van der Waals surface area contributed by atoms with Gasteiger partial charge in [0.15, 0.2) is 5.82 Å². The molecule has 1 heterocycles. The second kappa shape index (κ2) is 4.59. The van der Waals surface area contributed by atoms with Crippen LogP contribution in [0.3, 0.4) is 0 Å². The molecule has 0 bridgehead atoms. The van der Waals surface area contributed by atoms with Gasteiger partial charge in [0.1, 0.15) is 0 Å². The van der Waals surface area contributed by atoms with E-state index in [-0.39, 0.29) is 0 Å². The van der Waals surface area contributed by atoms with E-state index in [4.69, 9.17) is 0 Å². The quantitative estimate of drug-likeness (QED) is 0.857. The topological polar surface area (TPSA) is 55.6 Å². The van der Waals surface area contributed by atoms with Crippen LogP contribution in [0.15, 0.2) is 0 Å². The zero-order chi connectivity index (χ0) is 12.5. The number of nitrogens with one attached hydrogen (secondary N) is 1. The highest BCUT2D eigenvalue weighted by molar-refractivity contribution is 4.88. The lowest BCUT2D eigenvalue weighted by Gasteiger charge is -2.15. The molecule has 0 aliphatic heterocycles. The van der Waals surface area contributed by atoms with Crippen LogP contribution in [0.25, 0.3) is 0 Å². The number of tetrazole rings is 1. The van der Waals surface area contributed by atoms with Gasteiger partial charge in [-0.05, 0) is 30.2 Å². The summed E-state index contributed by atoms with van der Waals surface area (Å²) in [5.41, 5.74) is 0. The van der Waals surface area contributed by atoms with E-state index >= 15 is 0 Å². The standard InChI is InChI=1S/C9H14F3N5/c1-6(4-9(10,11)12)17-8(14-15-16-17)5-13-7-2-3-7/h6-7,13H,2-5H2,1H3. The Bertz CT molecular complexity index is 371. The summed E-state index contributed by atoms with van der Waals surface area (Å²) in [4.78, 5) is 0. The molecular formula is C9H14F3N5. The van der Waals surface area contributed by atoms with Crippen molar-refractivity contribution in [2.75, 3.05) is 0 Å². The normalized spacial score (nSPS) is 18.4. The predicted molar refractivity (Wildman–Crippen MR) is 53.1 cm³/mol. The number of hydrogen-bond acceptors (Lipinski definition) is 4. The Balaban J connectivity index is 1.96. The van der Waals surface area contributed by atoms with Crippen LogP contribution < -0.4 is 5.32 Å². The van der Waals surface area contributed by atoms with Crippen LogP contribution in [-0.4, -0.2) is 32.4 Å². The molecule has 1 aromatic rings. The highest BCUT2D eigenvalue weighted by Gasteiger charge is 2.32. The largest absolute Gasteiger partial charge is 0.391 e. The van der Waals surface area contributed by atoms with Gasteiger partial charge < -0.3 is 5.32 Å². The zero-order valence-electron chi connectivity index (χ0n) is 9.41. The van der Waals surface area contributed by atoms with Gasteiger partial charge in [0, 0.05) is 6.04 Å². The van der Waals surface area contributed by atoms with Crippen molar-refractivity contribution in [3.63, 3.8) is 0 Å². The fourth-order valence-electron chi connectivity index (χ4n) is 1.62. The molecule has 1 atom stereocenters. The van der Waals surface area contributed by atoms with E-state index in [0.717, 1.165) is 12.8 Å². The summed E-state index contributed by atoms with van der Waals surface area (Å²) in [7, 11) is 0. The Labute approximate surface area is 96.4 Å². The summed E-state index contributed by atoms with van der Waals surface area (Å²) >= 11 is 0. The van der Waals surface area contributed by atoms with Crippen molar-refractivity contribution in [2.45, 2.75) is 51.0 Å². The number of rotatable bonds is 5. The SMILES string of the molecule is CC(CC(F)(F)F)n1nnnc1CNC1CC1. The molecule has 1 unspecified atom stereocenters. The van der Waals surface area contributed by atoms with Gasteiger partial charge >= 0.3 is 6.18 Å². The van der Waals surface area contributed by atoms with Crippen molar-refractivity contribution in [3.05, 3.63) is 5.82 Å². The number of alkyl halides is 3. The molecule has 1 aliphatic rings. The Kier molecular flexibility index (Phi) is 3.32. The lowest BCUT2D eigenvalue weighted by atomic mass is 10.2. The van der Waals surface area contributed by atoms with Crippen LogP contribution in [-0.2, 0) is 6.54 Å². The summed E-state index contributed by atoms with van der Waals surface area (Å²) < 4.78 is 38.0. The molecule has 1 fully saturated rings. The Morgan fingerprint density at radius 2 is 2.18 bits per heavy atom. The summed E-state index contributed by atoms with van der Waals surface area (Å²) in [6.45, 7) is 1.88. The van der Waals surface area contributed by atoms with E-state index in [0.29, 0.717) is 18.4 Å². The Hall–Kier alpha value is -1.18. The number of hydrogen-bond donors (Lipinski definition) is 1. The van der Waals surface area contributed by atoms with Crippen molar-refractivity contribution in [1.82, 2.24) is 25.5 Å². The molecule has 2 rings (SSSR count). The average Bonchev–Trinajstić information content (AvgIpc) is 2.90. The fraction of sp³-hybridized carbons (Fsp3) is 0.889. The second-order valence-electron chi connectivity index (χ2n) is 4.36. The van der Waals surface area contributed by atoms with Crippen LogP contribution in [0.5, 0.6) is 0 Å². The first-order chi connectivity index (χ1) is 7.96. The molecule has 1 aliphatic carbocycles. The molecule has 0 aromatic carbocycles. The van der Waals surface area contributed by atoms with Crippen molar-refractivity contribution in [1.29, 1.82) is 0 Å². The van der Waals surface area contributed by atoms with E-state index in [1.165, 1.54) is 11.6 Å². The average molecular weight is 249 g/mol. The zero-order valence-corrected chi connectivity index (χ0v) is 9.41. The molecule has 17 heavy (non-hydrogen) atoms. The van der Waals surface area contributed by atoms with E-state index in [9.17, 15) is 13.2 Å². The highest BCUT2D eigenvalue weighted by atomic mass is 19.4. The van der Waals surface area contributed by atoms with Gasteiger partial charge in [0.25, 0.3) is 0 Å². The van der Waals surface area contributed by atoms with Crippen LogP contribution in [0.4, 0.5) is 13.2 Å². The minimum absolute atomic E-state index is 0.417. The van der Waals surface area contributed by atoms with Crippen LogP contribution in [0, 0.1) is 0 Å². The van der Waals surface area contributed by atoms with Crippen molar-refractivity contribution in [3.8, 4) is 0 Å². The summed E-state index contributed by atoms with van der Waals surface area (Å²) in [5.74, 6) is 0.452. The van der Waals surface area contributed by atoms with Crippen LogP contribution >= 0.6 is 0 Å². The molecule has 0 amide bonds. The van der Waals surface area contributed by atoms with Gasteiger partial charge in [-0.1, -0.05) is 0 Å². The van der Waals surface area contributed by atoms with Gasteiger partial charge in [-0.15, -0.1) is 5.10 Å². The molecule has 96 valence electrons. The number of halogens is 3.